The van der Waals surface area contributed by atoms with Gasteiger partial charge in [0, 0.05) is 37.3 Å². The summed E-state index contributed by atoms with van der Waals surface area (Å²) in [6.07, 6.45) is 6.45. The zero-order valence-corrected chi connectivity index (χ0v) is 14.4. The molecule has 0 saturated carbocycles. The van der Waals surface area contributed by atoms with Gasteiger partial charge in [-0.2, -0.15) is 16.1 Å². The average Bonchev–Trinajstić information content (AvgIpc) is 2.92. The van der Waals surface area contributed by atoms with Gasteiger partial charge in [-0.1, -0.05) is 0 Å². The van der Waals surface area contributed by atoms with Gasteiger partial charge < -0.3 is 4.90 Å². The quantitative estimate of drug-likeness (QED) is 0.834. The molecule has 1 aromatic rings. The van der Waals surface area contributed by atoms with E-state index in [1.807, 2.05) is 11.8 Å². The standard InChI is InChI=1S/C15H23N3O2S2/c19-22(20,15-5-3-6-16-11-15)18-9-4-10-21-13-14(18)12-17-7-1-2-8-17/h3,5-6,11,14H,1-2,4,7-10,12-13H2. The molecule has 5 nitrogen and oxygen atoms in total. The first-order valence-corrected chi connectivity index (χ1v) is 10.5. The molecule has 2 saturated heterocycles. The van der Waals surface area contributed by atoms with Crippen molar-refractivity contribution < 1.29 is 8.42 Å². The monoisotopic (exact) mass is 341 g/mol. The van der Waals surface area contributed by atoms with Crippen molar-refractivity contribution in [3.63, 3.8) is 0 Å². The van der Waals surface area contributed by atoms with Crippen LogP contribution in [0, 0.1) is 0 Å². The minimum Gasteiger partial charge on any atom is -0.302 e. The van der Waals surface area contributed by atoms with Crippen LogP contribution >= 0.6 is 11.8 Å². The zero-order valence-electron chi connectivity index (χ0n) is 12.7. The predicted molar refractivity (Wildman–Crippen MR) is 89.5 cm³/mol. The van der Waals surface area contributed by atoms with Gasteiger partial charge in [-0.15, -0.1) is 0 Å². The first kappa shape index (κ1) is 16.2. The third kappa shape index (κ3) is 3.64. The van der Waals surface area contributed by atoms with Crippen LogP contribution in [0.25, 0.3) is 0 Å². The Morgan fingerprint density at radius 2 is 2.05 bits per heavy atom. The molecule has 2 fully saturated rings. The van der Waals surface area contributed by atoms with Crippen LogP contribution in [-0.2, 0) is 10.0 Å². The van der Waals surface area contributed by atoms with Gasteiger partial charge in [0.2, 0.25) is 10.0 Å². The third-order valence-corrected chi connectivity index (χ3v) is 7.43. The Morgan fingerprint density at radius 3 is 2.77 bits per heavy atom. The van der Waals surface area contributed by atoms with Gasteiger partial charge in [0.25, 0.3) is 0 Å². The lowest BCUT2D eigenvalue weighted by atomic mass is 10.3. The Morgan fingerprint density at radius 1 is 1.23 bits per heavy atom. The van der Waals surface area contributed by atoms with Crippen LogP contribution in [-0.4, -0.2) is 66.3 Å². The normalized spacial score (nSPS) is 25.2. The Balaban J connectivity index is 1.83. The summed E-state index contributed by atoms with van der Waals surface area (Å²) in [4.78, 5) is 6.69. The number of pyridine rings is 1. The Bertz CT molecular complexity index is 574. The summed E-state index contributed by atoms with van der Waals surface area (Å²) in [5, 5.41) is 0. The molecule has 7 heteroatoms. The number of sulfonamides is 1. The molecule has 0 amide bonds. The number of thioether (sulfide) groups is 1. The lowest BCUT2D eigenvalue weighted by molar-refractivity contribution is 0.243. The lowest BCUT2D eigenvalue weighted by Gasteiger charge is -2.31. The Kier molecular flexibility index (Phi) is 5.38. The molecular formula is C15H23N3O2S2. The SMILES string of the molecule is O=S(=O)(c1cccnc1)N1CCCSCC1CN1CCCC1. The summed E-state index contributed by atoms with van der Waals surface area (Å²) in [7, 11) is -3.45. The fourth-order valence-electron chi connectivity index (χ4n) is 3.17. The van der Waals surface area contributed by atoms with Crippen molar-refractivity contribution in [1.29, 1.82) is 0 Å². The number of rotatable bonds is 4. The molecule has 1 atom stereocenters. The van der Waals surface area contributed by atoms with E-state index in [2.05, 4.69) is 9.88 Å². The second-order valence-electron chi connectivity index (χ2n) is 5.89. The number of nitrogens with zero attached hydrogens (tertiary/aromatic N) is 3. The van der Waals surface area contributed by atoms with Crippen molar-refractivity contribution in [2.24, 2.45) is 0 Å². The molecule has 1 unspecified atom stereocenters. The van der Waals surface area contributed by atoms with Crippen LogP contribution in [0.2, 0.25) is 0 Å². The molecule has 1 aromatic heterocycles. The van der Waals surface area contributed by atoms with Crippen molar-refractivity contribution in [2.75, 3.05) is 37.7 Å². The molecule has 3 heterocycles. The molecule has 122 valence electrons. The van der Waals surface area contributed by atoms with Crippen LogP contribution < -0.4 is 0 Å². The third-order valence-electron chi connectivity index (χ3n) is 4.29. The van der Waals surface area contributed by atoms with E-state index in [1.54, 1.807) is 22.6 Å². The molecule has 0 radical (unpaired) electrons. The highest BCUT2D eigenvalue weighted by atomic mass is 32.2. The van der Waals surface area contributed by atoms with Gasteiger partial charge in [0.1, 0.15) is 4.90 Å². The minimum absolute atomic E-state index is 0.0656. The van der Waals surface area contributed by atoms with Gasteiger partial charge in [-0.3, -0.25) is 4.98 Å². The van der Waals surface area contributed by atoms with Crippen molar-refractivity contribution >= 4 is 21.8 Å². The largest absolute Gasteiger partial charge is 0.302 e. The fraction of sp³-hybridized carbons (Fsp3) is 0.667. The maximum Gasteiger partial charge on any atom is 0.244 e. The van der Waals surface area contributed by atoms with Gasteiger partial charge in [0.05, 0.1) is 0 Å². The number of aromatic nitrogens is 1. The maximum atomic E-state index is 13.0. The molecule has 0 bridgehead atoms. The first-order valence-electron chi connectivity index (χ1n) is 7.90. The molecule has 0 N–H and O–H groups in total. The van der Waals surface area contributed by atoms with Crippen LogP contribution in [0.15, 0.2) is 29.4 Å². The number of likely N-dealkylation sites (tertiary alicyclic amines) is 1. The summed E-state index contributed by atoms with van der Waals surface area (Å²) in [6.45, 7) is 3.67. The molecule has 22 heavy (non-hydrogen) atoms. The fourth-order valence-corrected chi connectivity index (χ4v) is 5.94. The first-order chi connectivity index (χ1) is 10.7. The minimum atomic E-state index is -3.45. The topological polar surface area (TPSA) is 53.5 Å². The van der Waals surface area contributed by atoms with Crippen molar-refractivity contribution in [2.45, 2.75) is 30.2 Å². The van der Waals surface area contributed by atoms with Crippen molar-refractivity contribution in [3.8, 4) is 0 Å². The van der Waals surface area contributed by atoms with Gasteiger partial charge in [-0.05, 0) is 50.2 Å². The summed E-state index contributed by atoms with van der Waals surface area (Å²) >= 11 is 1.87. The molecule has 3 rings (SSSR count). The van der Waals surface area contributed by atoms with Gasteiger partial charge >= 0.3 is 0 Å². The van der Waals surface area contributed by atoms with Gasteiger partial charge in [0.15, 0.2) is 0 Å². The van der Waals surface area contributed by atoms with E-state index >= 15 is 0 Å². The molecule has 0 spiro atoms. The number of hydrogen-bond donors (Lipinski definition) is 0. The van der Waals surface area contributed by atoms with E-state index < -0.39 is 10.0 Å². The lowest BCUT2D eigenvalue weighted by Crippen LogP contribution is -2.47. The second kappa shape index (κ2) is 7.29. The summed E-state index contributed by atoms with van der Waals surface area (Å²) in [5.74, 6) is 1.92. The van der Waals surface area contributed by atoms with Crippen molar-refractivity contribution in [1.82, 2.24) is 14.2 Å². The zero-order chi connectivity index (χ0) is 15.4. The van der Waals surface area contributed by atoms with E-state index in [4.69, 9.17) is 0 Å². The second-order valence-corrected chi connectivity index (χ2v) is 8.93. The molecule has 0 aliphatic carbocycles. The van der Waals surface area contributed by atoms with Crippen LogP contribution in [0.5, 0.6) is 0 Å². The number of hydrogen-bond acceptors (Lipinski definition) is 5. The summed E-state index contributed by atoms with van der Waals surface area (Å²) in [6, 6.07) is 3.40. The van der Waals surface area contributed by atoms with E-state index in [1.165, 1.54) is 19.0 Å². The predicted octanol–water partition coefficient (Wildman–Crippen LogP) is 1.67. The average molecular weight is 342 g/mol. The van der Waals surface area contributed by atoms with E-state index in [-0.39, 0.29) is 6.04 Å². The van der Waals surface area contributed by atoms with E-state index in [0.717, 1.165) is 37.6 Å². The Labute approximate surface area is 137 Å². The van der Waals surface area contributed by atoms with Crippen LogP contribution in [0.4, 0.5) is 0 Å². The van der Waals surface area contributed by atoms with Crippen LogP contribution in [0.3, 0.4) is 0 Å². The molecule has 0 aromatic carbocycles. The highest BCUT2D eigenvalue weighted by Gasteiger charge is 2.34. The van der Waals surface area contributed by atoms with Crippen molar-refractivity contribution in [3.05, 3.63) is 24.5 Å². The van der Waals surface area contributed by atoms with Crippen LogP contribution in [0.1, 0.15) is 19.3 Å². The maximum absolute atomic E-state index is 13.0. The van der Waals surface area contributed by atoms with E-state index in [0.29, 0.717) is 11.4 Å². The summed E-state index contributed by atoms with van der Waals surface area (Å²) < 4.78 is 27.7. The smallest absolute Gasteiger partial charge is 0.244 e. The summed E-state index contributed by atoms with van der Waals surface area (Å²) in [5.41, 5.74) is 0. The van der Waals surface area contributed by atoms with Gasteiger partial charge in [-0.25, -0.2) is 8.42 Å². The molecule has 2 aliphatic rings. The molecular weight excluding hydrogens is 318 g/mol. The highest BCUT2D eigenvalue weighted by Crippen LogP contribution is 2.25. The van der Waals surface area contributed by atoms with E-state index in [9.17, 15) is 8.42 Å². The Hall–Kier alpha value is -0.630. The molecule has 2 aliphatic heterocycles. The highest BCUT2D eigenvalue weighted by molar-refractivity contribution is 7.99.